The van der Waals surface area contributed by atoms with E-state index >= 15 is 0 Å². The molecule has 1 saturated heterocycles. The Bertz CT molecular complexity index is 428. The first-order valence-corrected chi connectivity index (χ1v) is 6.48. The summed E-state index contributed by atoms with van der Waals surface area (Å²) in [6.07, 6.45) is 1.53. The standard InChI is InChI=1S/C14H18N2O3/c17-13(16-8-4-5-9-16)10-15-14(18)19-11-12-6-2-1-3-7-12/h1-3,6-7H,4-5,8-11H2,(H,15,18). The molecule has 102 valence electrons. The molecule has 1 aliphatic rings. The number of rotatable bonds is 4. The van der Waals surface area contributed by atoms with Crippen molar-refractivity contribution < 1.29 is 14.3 Å². The Morgan fingerprint density at radius 2 is 1.84 bits per heavy atom. The van der Waals surface area contributed by atoms with Crippen molar-refractivity contribution in [1.82, 2.24) is 10.2 Å². The van der Waals surface area contributed by atoms with Gasteiger partial charge in [-0.15, -0.1) is 0 Å². The Morgan fingerprint density at radius 1 is 1.16 bits per heavy atom. The molecule has 5 heteroatoms. The monoisotopic (exact) mass is 262 g/mol. The average molecular weight is 262 g/mol. The van der Waals surface area contributed by atoms with Crippen molar-refractivity contribution in [3.63, 3.8) is 0 Å². The highest BCUT2D eigenvalue weighted by Crippen LogP contribution is 2.06. The fraction of sp³-hybridized carbons (Fsp3) is 0.429. The lowest BCUT2D eigenvalue weighted by Crippen LogP contribution is -2.38. The van der Waals surface area contributed by atoms with E-state index in [1.807, 2.05) is 30.3 Å². The summed E-state index contributed by atoms with van der Waals surface area (Å²) in [7, 11) is 0. The van der Waals surface area contributed by atoms with Crippen LogP contribution in [-0.4, -0.2) is 36.5 Å². The van der Waals surface area contributed by atoms with E-state index in [9.17, 15) is 9.59 Å². The van der Waals surface area contributed by atoms with E-state index in [4.69, 9.17) is 4.74 Å². The number of alkyl carbamates (subject to hydrolysis) is 1. The largest absolute Gasteiger partial charge is 0.445 e. The van der Waals surface area contributed by atoms with Crippen LogP contribution in [0.2, 0.25) is 0 Å². The number of amides is 2. The summed E-state index contributed by atoms with van der Waals surface area (Å²) in [4.78, 5) is 24.9. The molecule has 0 saturated carbocycles. The van der Waals surface area contributed by atoms with Crippen molar-refractivity contribution in [2.45, 2.75) is 19.4 Å². The quantitative estimate of drug-likeness (QED) is 0.895. The van der Waals surface area contributed by atoms with Gasteiger partial charge in [0.05, 0.1) is 0 Å². The number of benzene rings is 1. The minimum Gasteiger partial charge on any atom is -0.445 e. The van der Waals surface area contributed by atoms with Crippen LogP contribution < -0.4 is 5.32 Å². The molecule has 1 aromatic rings. The molecule has 19 heavy (non-hydrogen) atoms. The van der Waals surface area contributed by atoms with Gasteiger partial charge < -0.3 is 15.0 Å². The second-order valence-corrected chi connectivity index (χ2v) is 4.50. The van der Waals surface area contributed by atoms with E-state index in [2.05, 4.69) is 5.32 Å². The fourth-order valence-electron chi connectivity index (χ4n) is 2.00. The van der Waals surface area contributed by atoms with E-state index in [1.54, 1.807) is 4.90 Å². The number of carbonyl (C=O) groups excluding carboxylic acids is 2. The van der Waals surface area contributed by atoms with E-state index < -0.39 is 6.09 Å². The highest BCUT2D eigenvalue weighted by Gasteiger charge is 2.18. The third-order valence-electron chi connectivity index (χ3n) is 3.06. The molecule has 0 bridgehead atoms. The zero-order valence-electron chi connectivity index (χ0n) is 10.8. The van der Waals surface area contributed by atoms with Crippen molar-refractivity contribution in [3.05, 3.63) is 35.9 Å². The average Bonchev–Trinajstić information content (AvgIpc) is 2.98. The summed E-state index contributed by atoms with van der Waals surface area (Å²) in [6, 6.07) is 9.42. The second kappa shape index (κ2) is 6.78. The van der Waals surface area contributed by atoms with Gasteiger partial charge >= 0.3 is 6.09 Å². The minimum atomic E-state index is -0.559. The van der Waals surface area contributed by atoms with Gasteiger partial charge in [0.15, 0.2) is 0 Å². The number of likely N-dealkylation sites (tertiary alicyclic amines) is 1. The van der Waals surface area contributed by atoms with Crippen LogP contribution in [-0.2, 0) is 16.1 Å². The topological polar surface area (TPSA) is 58.6 Å². The predicted molar refractivity (Wildman–Crippen MR) is 70.4 cm³/mol. The van der Waals surface area contributed by atoms with Crippen molar-refractivity contribution in [3.8, 4) is 0 Å². The van der Waals surface area contributed by atoms with Gasteiger partial charge in [-0.2, -0.15) is 0 Å². The molecule has 1 aliphatic heterocycles. The molecule has 1 aromatic carbocycles. The maximum absolute atomic E-state index is 11.7. The predicted octanol–water partition coefficient (Wildman–Crippen LogP) is 1.54. The molecular formula is C14H18N2O3. The Morgan fingerprint density at radius 3 is 2.53 bits per heavy atom. The number of nitrogens with one attached hydrogen (secondary N) is 1. The van der Waals surface area contributed by atoms with E-state index in [0.717, 1.165) is 31.5 Å². The van der Waals surface area contributed by atoms with Gasteiger partial charge in [-0.05, 0) is 18.4 Å². The summed E-state index contributed by atoms with van der Waals surface area (Å²) in [5, 5.41) is 2.48. The van der Waals surface area contributed by atoms with Crippen LogP contribution in [0.25, 0.3) is 0 Å². The van der Waals surface area contributed by atoms with Crippen LogP contribution in [0.5, 0.6) is 0 Å². The van der Waals surface area contributed by atoms with Gasteiger partial charge in [0.1, 0.15) is 13.2 Å². The third-order valence-corrected chi connectivity index (χ3v) is 3.06. The van der Waals surface area contributed by atoms with Gasteiger partial charge in [-0.1, -0.05) is 30.3 Å². The summed E-state index contributed by atoms with van der Waals surface area (Å²) in [6.45, 7) is 1.80. The Kier molecular flexibility index (Phi) is 4.78. The zero-order chi connectivity index (χ0) is 13.5. The number of ether oxygens (including phenoxy) is 1. The highest BCUT2D eigenvalue weighted by atomic mass is 16.5. The second-order valence-electron chi connectivity index (χ2n) is 4.50. The molecule has 2 rings (SSSR count). The van der Waals surface area contributed by atoms with Gasteiger partial charge in [-0.3, -0.25) is 4.79 Å². The third kappa shape index (κ3) is 4.28. The lowest BCUT2D eigenvalue weighted by atomic mass is 10.2. The number of carbonyl (C=O) groups is 2. The Hall–Kier alpha value is -2.04. The molecule has 1 heterocycles. The minimum absolute atomic E-state index is 0.00756. The summed E-state index contributed by atoms with van der Waals surface area (Å²) < 4.78 is 5.02. The van der Waals surface area contributed by atoms with Gasteiger partial charge in [-0.25, -0.2) is 4.79 Å². The van der Waals surface area contributed by atoms with Crippen LogP contribution in [0.1, 0.15) is 18.4 Å². The molecule has 1 fully saturated rings. The summed E-state index contributed by atoms with van der Waals surface area (Å²) in [5.41, 5.74) is 0.920. The zero-order valence-corrected chi connectivity index (χ0v) is 10.8. The van der Waals surface area contributed by atoms with E-state index in [1.165, 1.54) is 0 Å². The van der Waals surface area contributed by atoms with E-state index in [0.29, 0.717) is 0 Å². The van der Waals surface area contributed by atoms with Crippen molar-refractivity contribution >= 4 is 12.0 Å². The molecular weight excluding hydrogens is 244 g/mol. The lowest BCUT2D eigenvalue weighted by Gasteiger charge is -2.15. The molecule has 0 spiro atoms. The Balaban J connectivity index is 1.65. The van der Waals surface area contributed by atoms with Crippen LogP contribution in [0.15, 0.2) is 30.3 Å². The molecule has 0 aliphatic carbocycles. The first-order chi connectivity index (χ1) is 9.25. The van der Waals surface area contributed by atoms with Gasteiger partial charge in [0.25, 0.3) is 0 Å². The van der Waals surface area contributed by atoms with Crippen molar-refractivity contribution in [1.29, 1.82) is 0 Å². The lowest BCUT2D eigenvalue weighted by molar-refractivity contribution is -0.129. The molecule has 1 N–H and O–H groups in total. The maximum Gasteiger partial charge on any atom is 0.407 e. The van der Waals surface area contributed by atoms with Gasteiger partial charge in [0, 0.05) is 13.1 Å². The first-order valence-electron chi connectivity index (χ1n) is 6.48. The maximum atomic E-state index is 11.7. The molecule has 0 unspecified atom stereocenters. The summed E-state index contributed by atoms with van der Waals surface area (Å²) in [5.74, 6) is -0.0471. The molecule has 0 atom stereocenters. The molecule has 2 amide bonds. The SMILES string of the molecule is O=C(NCC(=O)N1CCCC1)OCc1ccccc1. The Labute approximate surface area is 112 Å². The van der Waals surface area contributed by atoms with Crippen molar-refractivity contribution in [2.75, 3.05) is 19.6 Å². The van der Waals surface area contributed by atoms with E-state index in [-0.39, 0.29) is 19.1 Å². The summed E-state index contributed by atoms with van der Waals surface area (Å²) >= 11 is 0. The molecule has 0 radical (unpaired) electrons. The molecule has 5 nitrogen and oxygen atoms in total. The first kappa shape index (κ1) is 13.4. The smallest absolute Gasteiger partial charge is 0.407 e. The molecule has 0 aromatic heterocycles. The van der Waals surface area contributed by atoms with Crippen molar-refractivity contribution in [2.24, 2.45) is 0 Å². The van der Waals surface area contributed by atoms with Gasteiger partial charge in [0.2, 0.25) is 5.91 Å². The van der Waals surface area contributed by atoms with Crippen LogP contribution in [0.4, 0.5) is 4.79 Å². The van der Waals surface area contributed by atoms with Crippen LogP contribution in [0.3, 0.4) is 0 Å². The highest BCUT2D eigenvalue weighted by molar-refractivity contribution is 5.82. The van der Waals surface area contributed by atoms with Crippen LogP contribution >= 0.6 is 0 Å². The normalized spacial score (nSPS) is 14.2. The number of hydrogen-bond donors (Lipinski definition) is 1. The number of hydrogen-bond acceptors (Lipinski definition) is 3. The number of nitrogens with zero attached hydrogens (tertiary/aromatic N) is 1. The fourth-order valence-corrected chi connectivity index (χ4v) is 2.00. The van der Waals surface area contributed by atoms with Crippen LogP contribution in [0, 0.1) is 0 Å².